The quantitative estimate of drug-likeness (QED) is 0.151. The number of hydrogen-bond donors (Lipinski definition) is 0. The van der Waals surface area contributed by atoms with Gasteiger partial charge in [-0.25, -0.2) is 31.5 Å². The van der Waals surface area contributed by atoms with Crippen LogP contribution in [-0.4, -0.2) is 18.5 Å². The third-order valence-electron chi connectivity index (χ3n) is 4.46. The second-order valence-corrected chi connectivity index (χ2v) is 6.76. The first kappa shape index (κ1) is 24.3. The molecule has 2 aromatic carbocycles. The predicted molar refractivity (Wildman–Crippen MR) is 101 cm³/mol. The van der Waals surface area contributed by atoms with Crippen molar-refractivity contribution in [1.82, 2.24) is 0 Å². The maximum atomic E-state index is 13.7. The highest BCUT2D eigenvalue weighted by Gasteiger charge is 2.26. The van der Waals surface area contributed by atoms with Gasteiger partial charge in [-0.15, -0.1) is 0 Å². The third-order valence-corrected chi connectivity index (χ3v) is 4.46. The van der Waals surface area contributed by atoms with E-state index in [1.54, 1.807) is 0 Å². The van der Waals surface area contributed by atoms with Crippen molar-refractivity contribution in [2.45, 2.75) is 45.6 Å². The van der Waals surface area contributed by atoms with Gasteiger partial charge in [-0.3, -0.25) is 0 Å². The molecule has 0 aromatic heterocycles. The zero-order valence-corrected chi connectivity index (χ0v) is 16.8. The number of esters is 2. The molecule has 0 saturated carbocycles. The lowest BCUT2D eigenvalue weighted by atomic mass is 10.1. The fraction of sp³-hybridized carbons (Fsp3) is 0.364. The first-order chi connectivity index (χ1) is 14.8. The fourth-order valence-corrected chi connectivity index (χ4v) is 2.73. The highest BCUT2D eigenvalue weighted by atomic mass is 19.2. The Kier molecular flexibility index (Phi) is 8.96. The van der Waals surface area contributed by atoms with E-state index in [2.05, 4.69) is 11.7 Å². The molecule has 4 nitrogen and oxygen atoms in total. The van der Waals surface area contributed by atoms with E-state index in [4.69, 9.17) is 4.74 Å². The molecule has 0 bridgehead atoms. The first-order valence-electron chi connectivity index (χ1n) is 9.72. The van der Waals surface area contributed by atoms with Gasteiger partial charge < -0.3 is 9.47 Å². The van der Waals surface area contributed by atoms with Crippen molar-refractivity contribution in [2.75, 3.05) is 6.61 Å². The minimum Gasteiger partial charge on any atom is -0.462 e. The van der Waals surface area contributed by atoms with Gasteiger partial charge in [0.1, 0.15) is 6.61 Å². The lowest BCUT2D eigenvalue weighted by molar-refractivity contribution is 0.0462. The molecule has 0 aliphatic heterocycles. The van der Waals surface area contributed by atoms with Crippen molar-refractivity contribution in [3.05, 3.63) is 70.0 Å². The zero-order chi connectivity index (χ0) is 23.0. The summed E-state index contributed by atoms with van der Waals surface area (Å²) in [6, 6.07) is 5.19. The van der Waals surface area contributed by atoms with Crippen LogP contribution in [0.1, 0.15) is 65.3 Å². The molecule has 0 aliphatic carbocycles. The molecule has 9 heteroatoms. The van der Waals surface area contributed by atoms with Crippen molar-refractivity contribution in [3.8, 4) is 0 Å². The van der Waals surface area contributed by atoms with Gasteiger partial charge in [0.15, 0.2) is 23.3 Å². The number of carbonyl (C=O) groups is 2. The topological polar surface area (TPSA) is 52.6 Å². The Morgan fingerprint density at radius 1 is 0.742 bits per heavy atom. The fourth-order valence-electron chi connectivity index (χ4n) is 2.73. The highest BCUT2D eigenvalue weighted by Crippen LogP contribution is 2.24. The van der Waals surface area contributed by atoms with Crippen LogP contribution in [-0.2, 0) is 16.1 Å². The molecule has 0 unspecified atom stereocenters. The Labute approximate surface area is 176 Å². The monoisotopic (exact) mass is 444 g/mol. The summed E-state index contributed by atoms with van der Waals surface area (Å²) < 4.78 is 76.7. The maximum absolute atomic E-state index is 13.7. The summed E-state index contributed by atoms with van der Waals surface area (Å²) in [6.45, 7) is 1.12. The van der Waals surface area contributed by atoms with Crippen molar-refractivity contribution in [2.24, 2.45) is 0 Å². The molecule has 0 N–H and O–H groups in total. The van der Waals surface area contributed by atoms with Gasteiger partial charge in [0.2, 0.25) is 5.82 Å². The van der Waals surface area contributed by atoms with Crippen LogP contribution in [0, 0.1) is 29.1 Å². The van der Waals surface area contributed by atoms with Crippen LogP contribution in [0.5, 0.6) is 0 Å². The SMILES string of the molecule is CCCCCCCOC(=O)c1cccc(C(=O)OCc2c(F)c(F)c(F)c(F)c2F)c1. The number of carbonyl (C=O) groups excluding carboxylic acids is 2. The molecule has 31 heavy (non-hydrogen) atoms. The molecule has 0 fully saturated rings. The average molecular weight is 444 g/mol. The van der Waals surface area contributed by atoms with E-state index in [0.717, 1.165) is 31.7 Å². The van der Waals surface area contributed by atoms with Gasteiger partial charge in [-0.1, -0.05) is 38.7 Å². The Balaban J connectivity index is 1.99. The van der Waals surface area contributed by atoms with Crippen LogP contribution in [0.15, 0.2) is 24.3 Å². The van der Waals surface area contributed by atoms with Crippen molar-refractivity contribution in [3.63, 3.8) is 0 Å². The Hall–Kier alpha value is -2.97. The van der Waals surface area contributed by atoms with Crippen LogP contribution in [0.25, 0.3) is 0 Å². The van der Waals surface area contributed by atoms with Gasteiger partial charge in [-0.05, 0) is 24.6 Å². The Morgan fingerprint density at radius 3 is 1.84 bits per heavy atom. The summed E-state index contributed by atoms with van der Waals surface area (Å²) >= 11 is 0. The number of benzene rings is 2. The van der Waals surface area contributed by atoms with Crippen LogP contribution in [0.4, 0.5) is 22.0 Å². The largest absolute Gasteiger partial charge is 0.462 e. The second-order valence-electron chi connectivity index (χ2n) is 6.76. The lowest BCUT2D eigenvalue weighted by Crippen LogP contribution is -2.13. The molecule has 0 spiro atoms. The number of rotatable bonds is 10. The molecule has 2 rings (SSSR count). The first-order valence-corrected chi connectivity index (χ1v) is 9.72. The summed E-state index contributed by atoms with van der Waals surface area (Å²) in [5, 5.41) is 0. The van der Waals surface area contributed by atoms with Crippen molar-refractivity contribution >= 4 is 11.9 Å². The van der Waals surface area contributed by atoms with Gasteiger partial charge in [0, 0.05) is 0 Å². The molecule has 0 radical (unpaired) electrons. The number of ether oxygens (including phenoxy) is 2. The smallest absolute Gasteiger partial charge is 0.338 e. The van der Waals surface area contributed by atoms with E-state index in [1.807, 2.05) is 0 Å². The molecular weight excluding hydrogens is 423 g/mol. The highest BCUT2D eigenvalue weighted by molar-refractivity contribution is 5.95. The van der Waals surface area contributed by atoms with Crippen LogP contribution >= 0.6 is 0 Å². The molecule has 0 amide bonds. The summed E-state index contributed by atoms with van der Waals surface area (Å²) in [5.41, 5.74) is -1.37. The zero-order valence-electron chi connectivity index (χ0n) is 16.8. The molecule has 0 saturated heterocycles. The molecular formula is C22H21F5O4. The molecule has 0 atom stereocenters. The molecule has 0 aliphatic rings. The van der Waals surface area contributed by atoms with Crippen molar-refractivity contribution in [1.29, 1.82) is 0 Å². The van der Waals surface area contributed by atoms with Crippen LogP contribution in [0.2, 0.25) is 0 Å². The summed E-state index contributed by atoms with van der Waals surface area (Å²) in [5.74, 6) is -12.5. The lowest BCUT2D eigenvalue weighted by Gasteiger charge is -2.10. The number of halogens is 5. The van der Waals surface area contributed by atoms with Gasteiger partial charge in [0.05, 0.1) is 23.3 Å². The van der Waals surface area contributed by atoms with E-state index in [-0.39, 0.29) is 17.7 Å². The number of hydrogen-bond acceptors (Lipinski definition) is 4. The van der Waals surface area contributed by atoms with Crippen LogP contribution in [0.3, 0.4) is 0 Å². The average Bonchev–Trinajstić information content (AvgIpc) is 2.78. The van der Waals surface area contributed by atoms with Crippen LogP contribution < -0.4 is 0 Å². The van der Waals surface area contributed by atoms with Crippen molar-refractivity contribution < 1.29 is 41.0 Å². The van der Waals surface area contributed by atoms with E-state index >= 15 is 0 Å². The summed E-state index contributed by atoms with van der Waals surface area (Å²) in [7, 11) is 0. The molecule has 0 heterocycles. The van der Waals surface area contributed by atoms with Gasteiger partial charge in [0.25, 0.3) is 0 Å². The minimum absolute atomic E-state index is 0.0549. The van der Waals surface area contributed by atoms with E-state index < -0.39 is 53.2 Å². The summed E-state index contributed by atoms with van der Waals surface area (Å²) in [6.07, 6.45) is 4.86. The minimum atomic E-state index is -2.30. The van der Waals surface area contributed by atoms with E-state index in [9.17, 15) is 31.5 Å². The predicted octanol–water partition coefficient (Wildman–Crippen LogP) is 5.87. The third kappa shape index (κ3) is 6.26. The summed E-state index contributed by atoms with van der Waals surface area (Å²) in [4.78, 5) is 24.2. The van der Waals surface area contributed by atoms with Gasteiger partial charge in [-0.2, -0.15) is 0 Å². The maximum Gasteiger partial charge on any atom is 0.338 e. The molecule has 2 aromatic rings. The van der Waals surface area contributed by atoms with Gasteiger partial charge >= 0.3 is 11.9 Å². The second kappa shape index (κ2) is 11.4. The number of unbranched alkanes of at least 4 members (excludes halogenated alkanes) is 4. The van der Waals surface area contributed by atoms with E-state index in [1.165, 1.54) is 18.2 Å². The normalized spacial score (nSPS) is 10.8. The Bertz CT molecular complexity index is 917. The van der Waals surface area contributed by atoms with E-state index in [0.29, 0.717) is 6.42 Å². The standard InChI is InChI=1S/C22H21F5O4/c1-2-3-4-5-6-10-30-21(28)13-8-7-9-14(11-13)22(29)31-12-15-16(23)18(25)20(27)19(26)17(15)24/h7-9,11H,2-6,10,12H2,1H3. The Morgan fingerprint density at radius 2 is 1.26 bits per heavy atom. The molecule has 168 valence electrons.